The Kier molecular flexibility index (Phi) is 5.23. The van der Waals surface area contributed by atoms with Crippen LogP contribution in [-0.4, -0.2) is 42.6 Å². The second kappa shape index (κ2) is 6.28. The van der Waals surface area contributed by atoms with Crippen LogP contribution in [0.25, 0.3) is 0 Å². The molecule has 0 atom stereocenters. The van der Waals surface area contributed by atoms with Crippen molar-refractivity contribution in [1.29, 1.82) is 0 Å². The minimum absolute atomic E-state index is 0.267. The molecule has 19 heavy (non-hydrogen) atoms. The topological polar surface area (TPSA) is 49.8 Å². The summed E-state index contributed by atoms with van der Waals surface area (Å²) in [6.45, 7) is 4.25. The van der Waals surface area contributed by atoms with Crippen LogP contribution in [0.3, 0.4) is 0 Å². The summed E-state index contributed by atoms with van der Waals surface area (Å²) in [7, 11) is 5.59. The van der Waals surface area contributed by atoms with E-state index in [4.69, 9.17) is 4.74 Å². The number of ketones is 1. The van der Waals surface area contributed by atoms with Gasteiger partial charge < -0.3 is 14.7 Å². The maximum Gasteiger partial charge on any atom is 0.193 e. The van der Waals surface area contributed by atoms with E-state index in [2.05, 4.69) is 0 Å². The number of hydrogen-bond donors (Lipinski definition) is 1. The van der Waals surface area contributed by atoms with Crippen LogP contribution < -0.4 is 0 Å². The van der Waals surface area contributed by atoms with Crippen LogP contribution in [0.15, 0.2) is 18.2 Å². The van der Waals surface area contributed by atoms with Crippen molar-refractivity contribution in [2.75, 3.05) is 21.2 Å². The van der Waals surface area contributed by atoms with Gasteiger partial charge in [-0.3, -0.25) is 4.79 Å². The first-order valence-electron chi connectivity index (χ1n) is 6.28. The summed E-state index contributed by atoms with van der Waals surface area (Å²) in [6, 6.07) is 5.48. The quantitative estimate of drug-likeness (QED) is 0.798. The first-order chi connectivity index (χ1) is 8.75. The molecule has 0 radical (unpaired) electrons. The monoisotopic (exact) mass is 265 g/mol. The molecular weight excluding hydrogens is 242 g/mol. The van der Waals surface area contributed by atoms with Crippen LogP contribution in [0, 0.1) is 0 Å². The lowest BCUT2D eigenvalue weighted by Gasteiger charge is -2.19. The van der Waals surface area contributed by atoms with Gasteiger partial charge in [0.25, 0.3) is 0 Å². The Hall–Kier alpha value is -1.23. The van der Waals surface area contributed by atoms with Crippen molar-refractivity contribution in [1.82, 2.24) is 4.90 Å². The zero-order valence-electron chi connectivity index (χ0n) is 12.4. The van der Waals surface area contributed by atoms with E-state index in [0.29, 0.717) is 12.2 Å². The van der Waals surface area contributed by atoms with Crippen LogP contribution in [0.4, 0.5) is 0 Å². The maximum absolute atomic E-state index is 12.1. The Morgan fingerprint density at radius 1 is 1.32 bits per heavy atom. The Labute approximate surface area is 115 Å². The van der Waals surface area contributed by atoms with E-state index in [0.717, 1.165) is 17.7 Å². The molecule has 0 bridgehead atoms. The van der Waals surface area contributed by atoms with Gasteiger partial charge >= 0.3 is 0 Å². The van der Waals surface area contributed by atoms with E-state index < -0.39 is 5.60 Å². The summed E-state index contributed by atoms with van der Waals surface area (Å²) < 4.78 is 5.16. The van der Waals surface area contributed by atoms with Crippen molar-refractivity contribution in [3.05, 3.63) is 34.9 Å². The number of nitrogens with zero attached hydrogens (tertiary/aromatic N) is 1. The van der Waals surface area contributed by atoms with Crippen molar-refractivity contribution in [3.63, 3.8) is 0 Å². The summed E-state index contributed by atoms with van der Waals surface area (Å²) in [6.07, 6.45) is 0. The van der Waals surface area contributed by atoms with Crippen LogP contribution in [0.2, 0.25) is 0 Å². The van der Waals surface area contributed by atoms with E-state index in [1.54, 1.807) is 13.2 Å². The lowest BCUT2D eigenvalue weighted by molar-refractivity contribution is 0.0488. The Morgan fingerprint density at radius 2 is 1.95 bits per heavy atom. The third-order valence-corrected chi connectivity index (χ3v) is 2.81. The molecule has 0 amide bonds. The van der Waals surface area contributed by atoms with Gasteiger partial charge in [0.05, 0.1) is 6.61 Å². The maximum atomic E-state index is 12.1. The first kappa shape index (κ1) is 15.8. The zero-order valence-corrected chi connectivity index (χ0v) is 12.4. The average molecular weight is 265 g/mol. The molecule has 0 aromatic heterocycles. The Balaban J connectivity index is 3.14. The molecule has 0 aliphatic heterocycles. The Bertz CT molecular complexity index is 447. The molecule has 0 aliphatic rings. The highest BCUT2D eigenvalue weighted by Gasteiger charge is 2.25. The lowest BCUT2D eigenvalue weighted by atomic mass is 9.94. The molecule has 4 nitrogen and oxygen atoms in total. The third-order valence-electron chi connectivity index (χ3n) is 2.81. The number of benzene rings is 1. The molecule has 1 N–H and O–H groups in total. The van der Waals surface area contributed by atoms with Crippen LogP contribution in [0.5, 0.6) is 0 Å². The second-order valence-electron chi connectivity index (χ2n) is 5.54. The number of carbonyl (C=O) groups is 1. The minimum atomic E-state index is -1.35. The average Bonchev–Trinajstić information content (AvgIpc) is 2.29. The van der Waals surface area contributed by atoms with E-state index in [1.165, 1.54) is 13.8 Å². The lowest BCUT2D eigenvalue weighted by Crippen LogP contribution is -2.31. The van der Waals surface area contributed by atoms with Gasteiger partial charge in [-0.1, -0.05) is 12.1 Å². The molecule has 0 fully saturated rings. The van der Waals surface area contributed by atoms with Crippen LogP contribution in [-0.2, 0) is 17.9 Å². The normalized spacial score (nSPS) is 11.9. The predicted molar refractivity (Wildman–Crippen MR) is 75.2 cm³/mol. The number of rotatable bonds is 6. The molecule has 1 aromatic carbocycles. The van der Waals surface area contributed by atoms with Gasteiger partial charge in [0, 0.05) is 19.2 Å². The molecule has 0 heterocycles. The molecule has 4 heteroatoms. The van der Waals surface area contributed by atoms with Crippen molar-refractivity contribution in [2.24, 2.45) is 0 Å². The van der Waals surface area contributed by atoms with Gasteiger partial charge in [-0.15, -0.1) is 0 Å². The fourth-order valence-corrected chi connectivity index (χ4v) is 1.90. The first-order valence-corrected chi connectivity index (χ1v) is 6.28. The largest absolute Gasteiger partial charge is 0.382 e. The highest BCUT2D eigenvalue weighted by molar-refractivity contribution is 6.01. The fraction of sp³-hybridized carbons (Fsp3) is 0.533. The standard InChI is InChI=1S/C15H23NO3/c1-15(2,18)14(17)11-6-7-12(10-19-5)13(8-11)9-16(3)4/h6-8,18H,9-10H2,1-5H3. The van der Waals surface area contributed by atoms with Gasteiger partial charge in [0.1, 0.15) is 5.60 Å². The molecule has 0 aliphatic carbocycles. The molecule has 1 aromatic rings. The second-order valence-corrected chi connectivity index (χ2v) is 5.54. The molecular formula is C15H23NO3. The fourth-order valence-electron chi connectivity index (χ4n) is 1.90. The summed E-state index contributed by atoms with van der Waals surface area (Å²) in [5.74, 6) is -0.267. The molecule has 0 unspecified atom stereocenters. The number of ether oxygens (including phenoxy) is 1. The molecule has 1 rings (SSSR count). The number of methoxy groups -OCH3 is 1. The van der Waals surface area contributed by atoms with E-state index >= 15 is 0 Å². The van der Waals surface area contributed by atoms with E-state index in [-0.39, 0.29) is 5.78 Å². The predicted octanol–water partition coefficient (Wildman–Crippen LogP) is 1.85. The van der Waals surface area contributed by atoms with Crippen molar-refractivity contribution >= 4 is 5.78 Å². The number of carbonyl (C=O) groups excluding carboxylic acids is 1. The van der Waals surface area contributed by atoms with Crippen molar-refractivity contribution in [2.45, 2.75) is 32.6 Å². The molecule has 106 valence electrons. The van der Waals surface area contributed by atoms with Gasteiger partial charge in [0.2, 0.25) is 0 Å². The van der Waals surface area contributed by atoms with Crippen molar-refractivity contribution in [3.8, 4) is 0 Å². The third kappa shape index (κ3) is 4.42. The molecule has 0 saturated heterocycles. The minimum Gasteiger partial charge on any atom is -0.382 e. The number of Topliss-reactive ketones (excluding diaryl/α,β-unsaturated/α-hetero) is 1. The number of aliphatic hydroxyl groups is 1. The smallest absolute Gasteiger partial charge is 0.193 e. The van der Waals surface area contributed by atoms with Gasteiger partial charge in [-0.2, -0.15) is 0 Å². The van der Waals surface area contributed by atoms with Gasteiger partial charge in [-0.05, 0) is 45.1 Å². The van der Waals surface area contributed by atoms with Crippen LogP contribution >= 0.6 is 0 Å². The number of hydrogen-bond acceptors (Lipinski definition) is 4. The van der Waals surface area contributed by atoms with Gasteiger partial charge in [-0.25, -0.2) is 0 Å². The summed E-state index contributed by atoms with van der Waals surface area (Å²) in [5.41, 5.74) is 1.28. The summed E-state index contributed by atoms with van der Waals surface area (Å²) >= 11 is 0. The van der Waals surface area contributed by atoms with E-state index in [1.807, 2.05) is 31.1 Å². The van der Waals surface area contributed by atoms with Crippen LogP contribution in [0.1, 0.15) is 35.3 Å². The molecule has 0 spiro atoms. The summed E-state index contributed by atoms with van der Waals surface area (Å²) in [5, 5.41) is 9.80. The SMILES string of the molecule is COCc1ccc(C(=O)C(C)(C)O)cc1CN(C)C. The highest BCUT2D eigenvalue weighted by Crippen LogP contribution is 2.19. The zero-order chi connectivity index (χ0) is 14.6. The molecule has 0 saturated carbocycles. The van der Waals surface area contributed by atoms with Crippen molar-refractivity contribution < 1.29 is 14.6 Å². The summed E-state index contributed by atoms with van der Waals surface area (Å²) in [4.78, 5) is 14.1. The van der Waals surface area contributed by atoms with E-state index in [9.17, 15) is 9.90 Å². The Morgan fingerprint density at radius 3 is 2.42 bits per heavy atom. The highest BCUT2D eigenvalue weighted by atomic mass is 16.5. The van der Waals surface area contributed by atoms with Gasteiger partial charge in [0.15, 0.2) is 5.78 Å².